The average molecular weight is 411 g/mol. The molecule has 0 aliphatic heterocycles. The molecule has 0 bridgehead atoms. The monoisotopic (exact) mass is 410 g/mol. The van der Waals surface area contributed by atoms with E-state index in [0.29, 0.717) is 17.7 Å². The van der Waals surface area contributed by atoms with Gasteiger partial charge in [0.2, 0.25) is 5.95 Å². The Morgan fingerprint density at radius 2 is 1.74 bits per heavy atom. The summed E-state index contributed by atoms with van der Waals surface area (Å²) in [5, 5.41) is 16.1. The van der Waals surface area contributed by atoms with E-state index in [1.165, 1.54) is 37.7 Å². The van der Waals surface area contributed by atoms with Gasteiger partial charge in [0.25, 0.3) is 0 Å². The van der Waals surface area contributed by atoms with E-state index in [1.807, 2.05) is 31.2 Å². The van der Waals surface area contributed by atoms with Gasteiger partial charge in [-0.25, -0.2) is 4.98 Å². The minimum atomic E-state index is 0.554. The summed E-state index contributed by atoms with van der Waals surface area (Å²) in [6.07, 6.45) is 10.2. The van der Waals surface area contributed by atoms with Crippen LogP contribution in [0.1, 0.15) is 49.1 Å². The maximum atomic E-state index is 4.62. The second kappa shape index (κ2) is 8.68. The average Bonchev–Trinajstić information content (AvgIpc) is 2.81. The van der Waals surface area contributed by atoms with E-state index in [1.54, 1.807) is 12.4 Å². The molecular formula is C25H26N6. The van der Waals surface area contributed by atoms with E-state index >= 15 is 0 Å². The van der Waals surface area contributed by atoms with E-state index < -0.39 is 0 Å². The van der Waals surface area contributed by atoms with Crippen LogP contribution in [0.15, 0.2) is 60.9 Å². The Labute approximate surface area is 182 Å². The molecule has 0 radical (unpaired) electrons. The van der Waals surface area contributed by atoms with Crippen LogP contribution in [0, 0.1) is 6.92 Å². The van der Waals surface area contributed by atoms with Crippen LogP contribution in [0.3, 0.4) is 0 Å². The minimum Gasteiger partial charge on any atom is -0.338 e. The molecule has 1 fully saturated rings. The molecule has 4 aromatic rings. The Bertz CT molecular complexity index is 1180. The number of aryl methyl sites for hydroxylation is 1. The minimum absolute atomic E-state index is 0.554. The molecule has 2 heterocycles. The number of nitrogens with zero attached hydrogens (tertiary/aromatic N) is 4. The lowest BCUT2D eigenvalue weighted by atomic mass is 9.84. The van der Waals surface area contributed by atoms with Crippen molar-refractivity contribution < 1.29 is 0 Å². The normalized spacial score (nSPS) is 14.5. The second-order valence-electron chi connectivity index (χ2n) is 8.20. The summed E-state index contributed by atoms with van der Waals surface area (Å²) in [6, 6.07) is 16.6. The van der Waals surface area contributed by atoms with Crippen molar-refractivity contribution in [1.29, 1.82) is 0 Å². The Hall–Kier alpha value is -3.54. The summed E-state index contributed by atoms with van der Waals surface area (Å²) in [4.78, 5) is 9.00. The number of benzene rings is 2. The maximum Gasteiger partial charge on any atom is 0.229 e. The molecule has 0 atom stereocenters. The first-order valence-electron chi connectivity index (χ1n) is 10.9. The van der Waals surface area contributed by atoms with Crippen molar-refractivity contribution in [2.24, 2.45) is 0 Å². The Kier molecular flexibility index (Phi) is 5.44. The highest BCUT2D eigenvalue weighted by molar-refractivity contribution is 5.93. The number of nitrogens with one attached hydrogen (secondary N) is 2. The predicted molar refractivity (Wildman–Crippen MR) is 125 cm³/mol. The highest BCUT2D eigenvalue weighted by Crippen LogP contribution is 2.33. The Morgan fingerprint density at radius 1 is 0.903 bits per heavy atom. The third kappa shape index (κ3) is 4.33. The molecule has 6 nitrogen and oxygen atoms in total. The lowest BCUT2D eigenvalue weighted by Gasteiger charge is -2.22. The molecule has 1 aliphatic rings. The fourth-order valence-electron chi connectivity index (χ4n) is 4.35. The first-order valence-corrected chi connectivity index (χ1v) is 10.9. The van der Waals surface area contributed by atoms with Gasteiger partial charge >= 0.3 is 0 Å². The zero-order chi connectivity index (χ0) is 21.0. The van der Waals surface area contributed by atoms with Gasteiger partial charge in [-0.05, 0) is 55.0 Å². The molecule has 0 saturated heterocycles. The quantitative estimate of drug-likeness (QED) is 0.404. The first-order chi connectivity index (χ1) is 15.3. The molecular weight excluding hydrogens is 384 g/mol. The highest BCUT2D eigenvalue weighted by Gasteiger charge is 2.15. The number of rotatable bonds is 5. The molecule has 1 aliphatic carbocycles. The molecule has 0 amide bonds. The van der Waals surface area contributed by atoms with Crippen LogP contribution in [0.25, 0.3) is 10.9 Å². The molecule has 2 N–H and O–H groups in total. The van der Waals surface area contributed by atoms with Crippen molar-refractivity contribution in [2.75, 3.05) is 10.6 Å². The molecule has 1 saturated carbocycles. The zero-order valence-corrected chi connectivity index (χ0v) is 17.7. The van der Waals surface area contributed by atoms with Gasteiger partial charge in [0, 0.05) is 17.3 Å². The standard InChI is InChI=1S/C25H26N6/c1-17-6-5-9-21-22(16-27-31-24(17)21)29-23-14-15-26-25(30-23)28-20-12-10-19(11-13-20)18-7-3-2-4-8-18/h5-6,9-16,18H,2-4,7-8H2,1H3,(H2,26,28,29,30,31). The summed E-state index contributed by atoms with van der Waals surface area (Å²) < 4.78 is 0. The van der Waals surface area contributed by atoms with Gasteiger partial charge in [-0.2, -0.15) is 15.2 Å². The van der Waals surface area contributed by atoms with Gasteiger partial charge in [0.1, 0.15) is 5.82 Å². The summed E-state index contributed by atoms with van der Waals surface area (Å²) in [6.45, 7) is 2.03. The fourth-order valence-corrected chi connectivity index (χ4v) is 4.35. The van der Waals surface area contributed by atoms with Gasteiger partial charge in [0.15, 0.2) is 0 Å². The fraction of sp³-hybridized carbons (Fsp3) is 0.280. The summed E-state index contributed by atoms with van der Waals surface area (Å²) in [7, 11) is 0. The van der Waals surface area contributed by atoms with Crippen LogP contribution in [0.5, 0.6) is 0 Å². The number of hydrogen-bond donors (Lipinski definition) is 2. The maximum absolute atomic E-state index is 4.62. The first kappa shape index (κ1) is 19.4. The van der Waals surface area contributed by atoms with Gasteiger partial charge in [0.05, 0.1) is 17.4 Å². The summed E-state index contributed by atoms with van der Waals surface area (Å²) in [5.74, 6) is 1.96. The Balaban J connectivity index is 1.32. The SMILES string of the molecule is Cc1cccc2c(Nc3ccnc(Nc4ccc(C5CCCCC5)cc4)n3)cnnc12. The highest BCUT2D eigenvalue weighted by atomic mass is 15.2. The van der Waals surface area contributed by atoms with Crippen LogP contribution in [0.4, 0.5) is 23.1 Å². The molecule has 2 aromatic heterocycles. The van der Waals surface area contributed by atoms with Crippen molar-refractivity contribution in [2.45, 2.75) is 44.9 Å². The predicted octanol–water partition coefficient (Wildman–Crippen LogP) is 6.26. The van der Waals surface area contributed by atoms with Crippen LogP contribution < -0.4 is 10.6 Å². The second-order valence-corrected chi connectivity index (χ2v) is 8.20. The lowest BCUT2D eigenvalue weighted by Crippen LogP contribution is -2.05. The van der Waals surface area contributed by atoms with E-state index in [9.17, 15) is 0 Å². The van der Waals surface area contributed by atoms with Crippen molar-refractivity contribution >= 4 is 34.0 Å². The largest absolute Gasteiger partial charge is 0.338 e. The Morgan fingerprint density at radius 3 is 2.58 bits per heavy atom. The van der Waals surface area contributed by atoms with Gasteiger partial charge in [-0.15, -0.1) is 0 Å². The van der Waals surface area contributed by atoms with Crippen molar-refractivity contribution in [1.82, 2.24) is 20.2 Å². The van der Waals surface area contributed by atoms with Crippen LogP contribution in [-0.4, -0.2) is 20.2 Å². The van der Waals surface area contributed by atoms with Crippen molar-refractivity contribution in [3.05, 3.63) is 72.1 Å². The number of anilines is 4. The number of aromatic nitrogens is 4. The number of hydrogen-bond acceptors (Lipinski definition) is 6. The van der Waals surface area contributed by atoms with E-state index in [-0.39, 0.29) is 0 Å². The zero-order valence-electron chi connectivity index (χ0n) is 17.7. The van der Waals surface area contributed by atoms with Crippen LogP contribution >= 0.6 is 0 Å². The number of fused-ring (bicyclic) bond motifs is 1. The molecule has 5 rings (SSSR count). The van der Waals surface area contributed by atoms with E-state index in [4.69, 9.17) is 0 Å². The van der Waals surface area contributed by atoms with Crippen LogP contribution in [-0.2, 0) is 0 Å². The third-order valence-electron chi connectivity index (χ3n) is 6.03. The lowest BCUT2D eigenvalue weighted by molar-refractivity contribution is 0.443. The molecule has 0 spiro atoms. The summed E-state index contributed by atoms with van der Waals surface area (Å²) >= 11 is 0. The van der Waals surface area contributed by atoms with Gasteiger partial charge < -0.3 is 10.6 Å². The van der Waals surface area contributed by atoms with Gasteiger partial charge in [-0.3, -0.25) is 0 Å². The van der Waals surface area contributed by atoms with E-state index in [2.05, 4.69) is 55.1 Å². The van der Waals surface area contributed by atoms with Gasteiger partial charge in [-0.1, -0.05) is 49.6 Å². The molecule has 2 aromatic carbocycles. The smallest absolute Gasteiger partial charge is 0.229 e. The molecule has 31 heavy (non-hydrogen) atoms. The van der Waals surface area contributed by atoms with Crippen molar-refractivity contribution in [3.63, 3.8) is 0 Å². The molecule has 6 heteroatoms. The van der Waals surface area contributed by atoms with Crippen LogP contribution in [0.2, 0.25) is 0 Å². The topological polar surface area (TPSA) is 75.6 Å². The molecule has 0 unspecified atom stereocenters. The van der Waals surface area contributed by atoms with Crippen molar-refractivity contribution in [3.8, 4) is 0 Å². The summed E-state index contributed by atoms with van der Waals surface area (Å²) in [5.41, 5.74) is 5.28. The third-order valence-corrected chi connectivity index (χ3v) is 6.03. The van der Waals surface area contributed by atoms with E-state index in [0.717, 1.165) is 27.8 Å². The molecule has 156 valence electrons.